The van der Waals surface area contributed by atoms with Gasteiger partial charge in [-0.2, -0.15) is 0 Å². The van der Waals surface area contributed by atoms with Gasteiger partial charge in [0.15, 0.2) is 0 Å². The standard InChI is InChI=1S/C19H23N3O3/c1-23-13-5-7-15-16(10-13)22-19(21-15)12-20-11-14-6-8-18(25-14)17-4-2-3-9-24-17/h5-8,10,17,20H,2-4,9,11-12H2,1H3,(H,21,22). The van der Waals surface area contributed by atoms with Crippen LogP contribution in [-0.2, 0) is 17.8 Å². The number of hydrogen-bond acceptors (Lipinski definition) is 5. The molecule has 0 saturated carbocycles. The summed E-state index contributed by atoms with van der Waals surface area (Å²) in [7, 11) is 1.66. The molecule has 6 heteroatoms. The third kappa shape index (κ3) is 3.70. The van der Waals surface area contributed by atoms with Gasteiger partial charge < -0.3 is 24.2 Å². The lowest BCUT2D eigenvalue weighted by Crippen LogP contribution is -2.13. The summed E-state index contributed by atoms with van der Waals surface area (Å²) in [5, 5.41) is 3.36. The van der Waals surface area contributed by atoms with E-state index < -0.39 is 0 Å². The molecule has 6 nitrogen and oxygen atoms in total. The highest BCUT2D eigenvalue weighted by Crippen LogP contribution is 2.29. The first-order valence-corrected chi connectivity index (χ1v) is 8.75. The lowest BCUT2D eigenvalue weighted by molar-refractivity contribution is 0.00122. The fourth-order valence-corrected chi connectivity index (χ4v) is 3.18. The van der Waals surface area contributed by atoms with Crippen molar-refractivity contribution in [3.8, 4) is 5.75 Å². The first-order chi connectivity index (χ1) is 12.3. The number of furan rings is 1. The van der Waals surface area contributed by atoms with Crippen LogP contribution in [0, 0.1) is 0 Å². The summed E-state index contributed by atoms with van der Waals surface area (Å²) in [4.78, 5) is 7.88. The van der Waals surface area contributed by atoms with E-state index >= 15 is 0 Å². The second kappa shape index (κ2) is 7.29. The van der Waals surface area contributed by atoms with Crippen molar-refractivity contribution in [2.75, 3.05) is 13.7 Å². The summed E-state index contributed by atoms with van der Waals surface area (Å²) in [5.74, 6) is 3.57. The van der Waals surface area contributed by atoms with Crippen LogP contribution in [0.4, 0.5) is 0 Å². The molecule has 1 saturated heterocycles. The van der Waals surface area contributed by atoms with Crippen LogP contribution in [0.25, 0.3) is 11.0 Å². The summed E-state index contributed by atoms with van der Waals surface area (Å²) in [5.41, 5.74) is 1.92. The number of nitrogens with one attached hydrogen (secondary N) is 2. The zero-order chi connectivity index (χ0) is 17.1. The van der Waals surface area contributed by atoms with Gasteiger partial charge in [-0.25, -0.2) is 4.98 Å². The molecule has 0 amide bonds. The number of nitrogens with zero attached hydrogens (tertiary/aromatic N) is 1. The van der Waals surface area contributed by atoms with Crippen molar-refractivity contribution in [3.05, 3.63) is 47.7 Å². The highest BCUT2D eigenvalue weighted by molar-refractivity contribution is 5.76. The Morgan fingerprint density at radius 3 is 3.04 bits per heavy atom. The molecule has 1 aliphatic heterocycles. The van der Waals surface area contributed by atoms with E-state index in [2.05, 4.69) is 15.3 Å². The van der Waals surface area contributed by atoms with Gasteiger partial charge in [0, 0.05) is 12.7 Å². The minimum Gasteiger partial charge on any atom is -0.497 e. The Morgan fingerprint density at radius 2 is 2.20 bits per heavy atom. The normalized spacial score (nSPS) is 17.9. The second-order valence-corrected chi connectivity index (χ2v) is 6.33. The van der Waals surface area contributed by atoms with Crippen molar-refractivity contribution in [2.45, 2.75) is 38.5 Å². The van der Waals surface area contributed by atoms with Crippen molar-refractivity contribution >= 4 is 11.0 Å². The maximum absolute atomic E-state index is 5.92. The van der Waals surface area contributed by atoms with Gasteiger partial charge in [0.05, 0.1) is 31.2 Å². The van der Waals surface area contributed by atoms with E-state index in [9.17, 15) is 0 Å². The fraction of sp³-hybridized carbons (Fsp3) is 0.421. The van der Waals surface area contributed by atoms with Crippen molar-refractivity contribution in [3.63, 3.8) is 0 Å². The zero-order valence-corrected chi connectivity index (χ0v) is 14.4. The zero-order valence-electron chi connectivity index (χ0n) is 14.4. The maximum atomic E-state index is 5.92. The number of fused-ring (bicyclic) bond motifs is 1. The number of aromatic nitrogens is 2. The molecule has 3 aromatic rings. The average molecular weight is 341 g/mol. The molecular formula is C19H23N3O3. The summed E-state index contributed by atoms with van der Waals surface area (Å²) < 4.78 is 16.9. The lowest BCUT2D eigenvalue weighted by atomic mass is 10.1. The van der Waals surface area contributed by atoms with Gasteiger partial charge in [0.1, 0.15) is 29.2 Å². The molecule has 2 N–H and O–H groups in total. The van der Waals surface area contributed by atoms with Gasteiger partial charge in [-0.1, -0.05) is 0 Å². The third-order valence-corrected chi connectivity index (χ3v) is 4.51. The molecule has 4 rings (SSSR count). The Hall–Kier alpha value is -2.31. The molecule has 0 spiro atoms. The molecule has 1 aromatic carbocycles. The molecule has 3 heterocycles. The van der Waals surface area contributed by atoms with E-state index in [4.69, 9.17) is 13.9 Å². The van der Waals surface area contributed by atoms with Crippen LogP contribution in [0.1, 0.15) is 42.7 Å². The molecule has 1 fully saturated rings. The average Bonchev–Trinajstić information content (AvgIpc) is 3.28. The van der Waals surface area contributed by atoms with Gasteiger partial charge in [-0.15, -0.1) is 0 Å². The van der Waals surface area contributed by atoms with Crippen LogP contribution >= 0.6 is 0 Å². The Balaban J connectivity index is 1.33. The molecule has 25 heavy (non-hydrogen) atoms. The minimum atomic E-state index is 0.118. The van der Waals surface area contributed by atoms with Crippen LogP contribution in [0.5, 0.6) is 5.75 Å². The minimum absolute atomic E-state index is 0.118. The summed E-state index contributed by atoms with van der Waals surface area (Å²) in [6, 6.07) is 9.87. The molecule has 1 unspecified atom stereocenters. The molecule has 132 valence electrons. The monoisotopic (exact) mass is 341 g/mol. The maximum Gasteiger partial charge on any atom is 0.133 e. The van der Waals surface area contributed by atoms with Crippen LogP contribution in [0.3, 0.4) is 0 Å². The van der Waals surface area contributed by atoms with Crippen molar-refractivity contribution in [1.82, 2.24) is 15.3 Å². The van der Waals surface area contributed by atoms with E-state index in [0.29, 0.717) is 13.1 Å². The number of rotatable bonds is 6. The van der Waals surface area contributed by atoms with E-state index in [-0.39, 0.29) is 6.10 Å². The molecule has 0 bridgehead atoms. The van der Waals surface area contributed by atoms with Gasteiger partial charge in [-0.05, 0) is 43.5 Å². The number of imidazole rings is 1. The van der Waals surface area contributed by atoms with E-state index in [0.717, 1.165) is 53.6 Å². The first kappa shape index (κ1) is 16.2. The molecule has 1 atom stereocenters. The highest BCUT2D eigenvalue weighted by Gasteiger charge is 2.19. The number of ether oxygens (including phenoxy) is 2. The Labute approximate surface area is 146 Å². The highest BCUT2D eigenvalue weighted by atomic mass is 16.5. The third-order valence-electron chi connectivity index (χ3n) is 4.51. The Bertz CT molecular complexity index is 833. The Kier molecular flexibility index (Phi) is 4.72. The van der Waals surface area contributed by atoms with E-state index in [1.54, 1.807) is 7.11 Å². The van der Waals surface area contributed by atoms with Crippen molar-refractivity contribution < 1.29 is 13.9 Å². The molecular weight excluding hydrogens is 318 g/mol. The fourth-order valence-electron chi connectivity index (χ4n) is 3.18. The van der Waals surface area contributed by atoms with Gasteiger partial charge in [-0.3, -0.25) is 0 Å². The number of hydrogen-bond donors (Lipinski definition) is 2. The number of methoxy groups -OCH3 is 1. The predicted molar refractivity (Wildman–Crippen MR) is 94.4 cm³/mol. The summed E-state index contributed by atoms with van der Waals surface area (Å²) >= 11 is 0. The van der Waals surface area contributed by atoms with E-state index in [1.807, 2.05) is 30.3 Å². The molecule has 0 aliphatic carbocycles. The number of aromatic amines is 1. The van der Waals surface area contributed by atoms with Gasteiger partial charge in [0.2, 0.25) is 0 Å². The smallest absolute Gasteiger partial charge is 0.133 e. The van der Waals surface area contributed by atoms with Crippen molar-refractivity contribution in [2.24, 2.45) is 0 Å². The largest absolute Gasteiger partial charge is 0.497 e. The van der Waals surface area contributed by atoms with Gasteiger partial charge in [0.25, 0.3) is 0 Å². The topological polar surface area (TPSA) is 72.3 Å². The molecule has 0 radical (unpaired) electrons. The summed E-state index contributed by atoms with van der Waals surface area (Å²) in [6.07, 6.45) is 3.51. The molecule has 2 aromatic heterocycles. The van der Waals surface area contributed by atoms with Gasteiger partial charge >= 0.3 is 0 Å². The molecule has 1 aliphatic rings. The quantitative estimate of drug-likeness (QED) is 0.715. The predicted octanol–water partition coefficient (Wildman–Crippen LogP) is 3.70. The number of benzene rings is 1. The Morgan fingerprint density at radius 1 is 1.24 bits per heavy atom. The van der Waals surface area contributed by atoms with Crippen LogP contribution in [0.2, 0.25) is 0 Å². The number of H-pyrrole nitrogens is 1. The van der Waals surface area contributed by atoms with Crippen molar-refractivity contribution in [1.29, 1.82) is 0 Å². The second-order valence-electron chi connectivity index (χ2n) is 6.33. The first-order valence-electron chi connectivity index (χ1n) is 8.75. The van der Waals surface area contributed by atoms with E-state index in [1.165, 1.54) is 6.42 Å². The lowest BCUT2D eigenvalue weighted by Gasteiger charge is -2.20. The SMILES string of the molecule is COc1ccc2nc(CNCc3ccc(C4CCCCO4)o3)[nH]c2c1. The summed E-state index contributed by atoms with van der Waals surface area (Å²) in [6.45, 7) is 2.13. The van der Waals surface area contributed by atoms with Crippen LogP contribution < -0.4 is 10.1 Å². The van der Waals surface area contributed by atoms with Crippen LogP contribution in [0.15, 0.2) is 34.7 Å². The van der Waals surface area contributed by atoms with Crippen LogP contribution in [-0.4, -0.2) is 23.7 Å².